The molecule has 0 radical (unpaired) electrons. The molecule has 0 atom stereocenters. The topological polar surface area (TPSA) is 82.5 Å². The molecule has 0 aliphatic heterocycles. The van der Waals surface area contributed by atoms with Crippen LogP contribution in [0.25, 0.3) is 0 Å². The van der Waals surface area contributed by atoms with E-state index in [0.717, 1.165) is 11.3 Å². The van der Waals surface area contributed by atoms with Gasteiger partial charge in [-0.1, -0.05) is 19.9 Å². The van der Waals surface area contributed by atoms with Crippen LogP contribution in [0.15, 0.2) is 35.4 Å². The predicted molar refractivity (Wildman–Crippen MR) is 98.8 cm³/mol. The van der Waals surface area contributed by atoms with E-state index in [9.17, 15) is 9.59 Å². The third kappa shape index (κ3) is 5.08. The second-order valence-corrected chi connectivity index (χ2v) is 6.22. The van der Waals surface area contributed by atoms with Crippen LogP contribution >= 0.6 is 0 Å². The number of ether oxygens (including phenoxy) is 2. The third-order valence-corrected chi connectivity index (χ3v) is 3.99. The molecule has 7 heteroatoms. The number of benzene rings is 1. The van der Waals surface area contributed by atoms with Crippen molar-refractivity contribution in [2.24, 2.45) is 0 Å². The van der Waals surface area contributed by atoms with E-state index < -0.39 is 0 Å². The average Bonchev–Trinajstić information content (AvgIpc) is 2.63. The van der Waals surface area contributed by atoms with Crippen molar-refractivity contribution >= 4 is 5.91 Å². The van der Waals surface area contributed by atoms with E-state index >= 15 is 0 Å². The number of hydrogen-bond acceptors (Lipinski definition) is 5. The van der Waals surface area contributed by atoms with Gasteiger partial charge < -0.3 is 14.8 Å². The van der Waals surface area contributed by atoms with Crippen molar-refractivity contribution in [1.29, 1.82) is 0 Å². The van der Waals surface area contributed by atoms with Gasteiger partial charge in [0.2, 0.25) is 5.91 Å². The lowest BCUT2D eigenvalue weighted by Crippen LogP contribution is -2.33. The molecule has 0 saturated heterocycles. The molecular weight excluding hydrogens is 334 g/mol. The van der Waals surface area contributed by atoms with Crippen LogP contribution in [-0.2, 0) is 17.8 Å². The van der Waals surface area contributed by atoms with Crippen molar-refractivity contribution in [2.75, 3.05) is 20.8 Å². The SMILES string of the molecule is COc1ccc(CCNC(=O)Cn2cnc(C(C)C)cc2=O)cc1OC. The molecule has 0 bridgehead atoms. The fourth-order valence-electron chi connectivity index (χ4n) is 2.47. The second kappa shape index (κ2) is 9.03. The predicted octanol–water partition coefficient (Wildman–Crippen LogP) is 1.74. The Balaban J connectivity index is 1.89. The van der Waals surface area contributed by atoms with E-state index in [2.05, 4.69) is 10.3 Å². The molecule has 0 aliphatic rings. The molecule has 1 aromatic carbocycles. The number of rotatable bonds is 8. The Hall–Kier alpha value is -2.83. The Morgan fingerprint density at radius 1 is 1.19 bits per heavy atom. The molecule has 0 spiro atoms. The van der Waals surface area contributed by atoms with Crippen molar-refractivity contribution in [1.82, 2.24) is 14.9 Å². The Morgan fingerprint density at radius 3 is 2.54 bits per heavy atom. The molecule has 0 saturated carbocycles. The van der Waals surface area contributed by atoms with E-state index in [4.69, 9.17) is 9.47 Å². The number of nitrogens with zero attached hydrogens (tertiary/aromatic N) is 2. The fourth-order valence-corrected chi connectivity index (χ4v) is 2.47. The van der Waals surface area contributed by atoms with Crippen LogP contribution in [-0.4, -0.2) is 36.2 Å². The van der Waals surface area contributed by atoms with Gasteiger partial charge in [-0.3, -0.25) is 14.2 Å². The summed E-state index contributed by atoms with van der Waals surface area (Å²) in [5, 5.41) is 2.81. The van der Waals surface area contributed by atoms with Gasteiger partial charge in [0.25, 0.3) is 5.56 Å². The minimum Gasteiger partial charge on any atom is -0.493 e. The van der Waals surface area contributed by atoms with E-state index in [-0.39, 0.29) is 23.9 Å². The first-order valence-electron chi connectivity index (χ1n) is 8.48. The maximum Gasteiger partial charge on any atom is 0.254 e. The summed E-state index contributed by atoms with van der Waals surface area (Å²) in [5.74, 6) is 1.26. The number of carbonyl (C=O) groups is 1. The normalized spacial score (nSPS) is 10.7. The summed E-state index contributed by atoms with van der Waals surface area (Å²) in [7, 11) is 3.17. The maximum atomic E-state index is 12.1. The first-order chi connectivity index (χ1) is 12.4. The van der Waals surface area contributed by atoms with Crippen LogP contribution in [0, 0.1) is 0 Å². The van der Waals surface area contributed by atoms with Crippen molar-refractivity contribution < 1.29 is 14.3 Å². The monoisotopic (exact) mass is 359 g/mol. The van der Waals surface area contributed by atoms with Crippen LogP contribution in [0.5, 0.6) is 11.5 Å². The van der Waals surface area contributed by atoms with E-state index in [1.165, 1.54) is 17.0 Å². The van der Waals surface area contributed by atoms with Gasteiger partial charge in [0.1, 0.15) is 6.54 Å². The summed E-state index contributed by atoms with van der Waals surface area (Å²) in [5.41, 5.74) is 1.52. The van der Waals surface area contributed by atoms with Crippen LogP contribution < -0.4 is 20.3 Å². The molecule has 1 amide bonds. The minimum absolute atomic E-state index is 0.0455. The van der Waals surface area contributed by atoms with E-state index in [1.807, 2.05) is 32.0 Å². The highest BCUT2D eigenvalue weighted by Gasteiger charge is 2.08. The lowest BCUT2D eigenvalue weighted by molar-refractivity contribution is -0.121. The third-order valence-electron chi connectivity index (χ3n) is 3.99. The zero-order valence-corrected chi connectivity index (χ0v) is 15.6. The lowest BCUT2D eigenvalue weighted by Gasteiger charge is -2.11. The van der Waals surface area contributed by atoms with E-state index in [1.54, 1.807) is 14.2 Å². The van der Waals surface area contributed by atoms with Gasteiger partial charge in [-0.05, 0) is 30.0 Å². The zero-order chi connectivity index (χ0) is 19.1. The molecule has 2 aromatic rings. The van der Waals surface area contributed by atoms with Crippen LogP contribution in [0.2, 0.25) is 0 Å². The summed E-state index contributed by atoms with van der Waals surface area (Å²) in [6.45, 7) is 4.34. The van der Waals surface area contributed by atoms with Crippen molar-refractivity contribution in [3.8, 4) is 11.5 Å². The van der Waals surface area contributed by atoms with Gasteiger partial charge in [0.05, 0.1) is 26.2 Å². The summed E-state index contributed by atoms with van der Waals surface area (Å²) in [6.07, 6.45) is 2.07. The zero-order valence-electron chi connectivity index (χ0n) is 15.6. The number of carbonyl (C=O) groups excluding carboxylic acids is 1. The van der Waals surface area contributed by atoms with Crippen molar-refractivity contribution in [3.05, 3.63) is 52.2 Å². The lowest BCUT2D eigenvalue weighted by atomic mass is 10.1. The maximum absolute atomic E-state index is 12.1. The summed E-state index contributed by atoms with van der Waals surface area (Å²) < 4.78 is 11.8. The smallest absolute Gasteiger partial charge is 0.254 e. The van der Waals surface area contributed by atoms with Gasteiger partial charge in [-0.2, -0.15) is 0 Å². The highest BCUT2D eigenvalue weighted by atomic mass is 16.5. The molecule has 1 heterocycles. The largest absolute Gasteiger partial charge is 0.493 e. The van der Waals surface area contributed by atoms with Crippen LogP contribution in [0.1, 0.15) is 31.0 Å². The average molecular weight is 359 g/mol. The molecule has 2 rings (SSSR count). The molecule has 1 N–H and O–H groups in total. The quantitative estimate of drug-likeness (QED) is 0.776. The number of aromatic nitrogens is 2. The second-order valence-electron chi connectivity index (χ2n) is 6.22. The molecule has 0 fully saturated rings. The molecule has 1 aromatic heterocycles. The van der Waals surface area contributed by atoms with Gasteiger partial charge >= 0.3 is 0 Å². The number of methoxy groups -OCH3 is 2. The highest BCUT2D eigenvalue weighted by molar-refractivity contribution is 5.75. The fraction of sp³-hybridized carbons (Fsp3) is 0.421. The summed E-state index contributed by atoms with van der Waals surface area (Å²) >= 11 is 0. The van der Waals surface area contributed by atoms with Gasteiger partial charge in [0, 0.05) is 12.6 Å². The molecular formula is C19H25N3O4. The van der Waals surface area contributed by atoms with E-state index in [0.29, 0.717) is 24.5 Å². The van der Waals surface area contributed by atoms with Gasteiger partial charge in [0.15, 0.2) is 11.5 Å². The minimum atomic E-state index is -0.230. The molecule has 0 aliphatic carbocycles. The number of hydrogen-bond donors (Lipinski definition) is 1. The Morgan fingerprint density at radius 2 is 1.92 bits per heavy atom. The first-order valence-corrected chi connectivity index (χ1v) is 8.48. The molecule has 7 nitrogen and oxygen atoms in total. The first kappa shape index (κ1) is 19.5. The number of nitrogens with one attached hydrogen (secondary N) is 1. The molecule has 140 valence electrons. The van der Waals surface area contributed by atoms with Crippen LogP contribution in [0.3, 0.4) is 0 Å². The number of amides is 1. The Labute approximate surface area is 153 Å². The molecule has 26 heavy (non-hydrogen) atoms. The Kier molecular flexibility index (Phi) is 6.77. The highest BCUT2D eigenvalue weighted by Crippen LogP contribution is 2.27. The van der Waals surface area contributed by atoms with Crippen molar-refractivity contribution in [3.63, 3.8) is 0 Å². The van der Waals surface area contributed by atoms with Gasteiger partial charge in [-0.15, -0.1) is 0 Å². The standard InChI is InChI=1S/C19H25N3O4/c1-13(2)15-10-19(24)22(12-21-15)11-18(23)20-8-7-14-5-6-16(25-3)17(9-14)26-4/h5-6,9-10,12-13H,7-8,11H2,1-4H3,(H,20,23). The Bertz CT molecular complexity index is 815. The summed E-state index contributed by atoms with van der Waals surface area (Å²) in [6, 6.07) is 7.11. The van der Waals surface area contributed by atoms with Gasteiger partial charge in [-0.25, -0.2) is 4.98 Å². The van der Waals surface area contributed by atoms with Crippen LogP contribution in [0.4, 0.5) is 0 Å². The van der Waals surface area contributed by atoms with Crippen molar-refractivity contribution in [2.45, 2.75) is 32.7 Å². The molecule has 0 unspecified atom stereocenters. The summed E-state index contributed by atoms with van der Waals surface area (Å²) in [4.78, 5) is 28.3.